The number of anilines is 1. The molecule has 0 aliphatic rings. The fourth-order valence-corrected chi connectivity index (χ4v) is 2.19. The third-order valence-electron chi connectivity index (χ3n) is 3.36. The molecule has 1 aromatic carbocycles. The molecule has 0 aliphatic carbocycles. The van der Waals surface area contributed by atoms with Gasteiger partial charge in [-0.3, -0.25) is 4.52 Å². The second-order valence-electron chi connectivity index (χ2n) is 5.12. The quantitative estimate of drug-likeness (QED) is 0.628. The number of benzene rings is 1. The van der Waals surface area contributed by atoms with Crippen LogP contribution in [0.1, 0.15) is 12.0 Å². The molecule has 26 heavy (non-hydrogen) atoms. The van der Waals surface area contributed by atoms with E-state index in [1.54, 1.807) is 0 Å². The fraction of sp³-hybridized carbons (Fsp3) is 0.286. The maximum atomic E-state index is 12.9. The Morgan fingerprint density at radius 3 is 2.77 bits per heavy atom. The van der Waals surface area contributed by atoms with E-state index in [4.69, 9.17) is 5.11 Å². The first-order chi connectivity index (χ1) is 12.4. The monoisotopic (exact) mass is 371 g/mol. The number of hydrogen-bond acceptors (Lipinski definition) is 8. The van der Waals surface area contributed by atoms with Gasteiger partial charge in [0, 0.05) is 13.2 Å². The Balaban J connectivity index is 2.04. The van der Waals surface area contributed by atoms with Gasteiger partial charge in [0.25, 0.3) is 0 Å². The minimum Gasteiger partial charge on any atom is -0.396 e. The average Bonchev–Trinajstić information content (AvgIpc) is 3.20. The summed E-state index contributed by atoms with van der Waals surface area (Å²) >= 11 is 0. The van der Waals surface area contributed by atoms with E-state index in [2.05, 4.69) is 29.9 Å². The van der Waals surface area contributed by atoms with Crippen molar-refractivity contribution in [1.29, 1.82) is 0 Å². The van der Waals surface area contributed by atoms with Crippen LogP contribution >= 0.6 is 0 Å². The summed E-state index contributed by atoms with van der Waals surface area (Å²) in [5.41, 5.74) is -1.06. The number of hydrogen-bond donors (Lipinski definition) is 2. The predicted molar refractivity (Wildman–Crippen MR) is 80.6 cm³/mol. The number of nitrogens with zero attached hydrogens (tertiary/aromatic N) is 4. The molecule has 3 rings (SSSR count). The van der Waals surface area contributed by atoms with Gasteiger partial charge in [0.15, 0.2) is 5.69 Å². The molecule has 0 unspecified atom stereocenters. The lowest BCUT2D eigenvalue weighted by Crippen LogP contribution is -2.15. The highest BCUT2D eigenvalue weighted by Crippen LogP contribution is 2.31. The lowest BCUT2D eigenvalue weighted by Gasteiger charge is -2.09. The van der Waals surface area contributed by atoms with E-state index in [0.717, 1.165) is 22.8 Å². The molecule has 0 spiro atoms. The molecule has 0 bridgehead atoms. The van der Waals surface area contributed by atoms with Crippen molar-refractivity contribution < 1.29 is 27.4 Å². The highest BCUT2D eigenvalue weighted by Gasteiger charge is 2.31. The van der Waals surface area contributed by atoms with E-state index in [1.165, 1.54) is 6.07 Å². The molecule has 0 radical (unpaired) electrons. The normalized spacial score (nSPS) is 11.7. The van der Waals surface area contributed by atoms with Crippen LogP contribution in [0.3, 0.4) is 0 Å². The van der Waals surface area contributed by atoms with E-state index >= 15 is 0 Å². The Morgan fingerprint density at radius 1 is 1.23 bits per heavy atom. The van der Waals surface area contributed by atoms with Gasteiger partial charge in [-0.2, -0.15) is 13.2 Å². The second kappa shape index (κ2) is 7.00. The van der Waals surface area contributed by atoms with Crippen molar-refractivity contribution in [2.24, 2.45) is 0 Å². The van der Waals surface area contributed by atoms with Gasteiger partial charge in [0.05, 0.1) is 11.3 Å². The van der Waals surface area contributed by atoms with Crippen molar-refractivity contribution >= 4 is 5.82 Å². The summed E-state index contributed by atoms with van der Waals surface area (Å²) in [6.45, 7) is 0.260. The number of nitrogens with one attached hydrogen (secondary N) is 1. The van der Waals surface area contributed by atoms with Gasteiger partial charge in [0.2, 0.25) is 11.6 Å². The number of alkyl halides is 3. The molecule has 3 aromatic rings. The summed E-state index contributed by atoms with van der Waals surface area (Å²) in [6, 6.07) is 4.11. The van der Waals surface area contributed by atoms with Crippen LogP contribution in [-0.2, 0) is 6.18 Å². The number of halogens is 3. The van der Waals surface area contributed by atoms with E-state index in [1.807, 2.05) is 0 Å². The molecule has 0 amide bonds. The molecule has 2 aromatic heterocycles. The average molecular weight is 371 g/mol. The zero-order chi connectivity index (χ0) is 18.7. The highest BCUT2D eigenvalue weighted by atomic mass is 19.4. The van der Waals surface area contributed by atoms with Gasteiger partial charge in [-0.25, -0.2) is 14.0 Å². The standard InChI is InChI=1S/C14H12F3N5O4/c15-14(16,17)8-3-1-4-9(7-8)22-12(21-25-13(22)24)10-11(20-26-19-10)18-5-2-6-23/h1,3-4,7,23H,2,5-6H2,(H,18,20). The molecule has 12 heteroatoms. The van der Waals surface area contributed by atoms with Crippen LogP contribution in [-0.4, -0.2) is 38.3 Å². The van der Waals surface area contributed by atoms with Crippen molar-refractivity contribution in [1.82, 2.24) is 20.0 Å². The summed E-state index contributed by atoms with van der Waals surface area (Å²) < 4.78 is 48.8. The van der Waals surface area contributed by atoms with Crippen LogP contribution in [0.15, 0.2) is 38.2 Å². The van der Waals surface area contributed by atoms with Crippen molar-refractivity contribution in [2.75, 3.05) is 18.5 Å². The molecule has 138 valence electrons. The smallest absolute Gasteiger partial charge is 0.396 e. The Kier molecular flexibility index (Phi) is 4.75. The molecule has 2 N–H and O–H groups in total. The van der Waals surface area contributed by atoms with Gasteiger partial charge in [-0.05, 0) is 34.9 Å². The highest BCUT2D eigenvalue weighted by molar-refractivity contribution is 5.66. The molecule has 2 heterocycles. The van der Waals surface area contributed by atoms with Crippen molar-refractivity contribution in [3.8, 4) is 17.2 Å². The van der Waals surface area contributed by atoms with Crippen LogP contribution < -0.4 is 11.1 Å². The van der Waals surface area contributed by atoms with Gasteiger partial charge in [-0.1, -0.05) is 11.2 Å². The minimum atomic E-state index is -4.58. The maximum Gasteiger partial charge on any atom is 0.446 e. The molecule has 0 aliphatic heterocycles. The Labute approximate surface area is 143 Å². The fourth-order valence-electron chi connectivity index (χ4n) is 2.19. The largest absolute Gasteiger partial charge is 0.446 e. The van der Waals surface area contributed by atoms with Gasteiger partial charge in [0.1, 0.15) is 0 Å². The Bertz CT molecular complexity index is 946. The number of aliphatic hydroxyl groups excluding tert-OH is 1. The van der Waals surface area contributed by atoms with Crippen LogP contribution in [0.2, 0.25) is 0 Å². The third kappa shape index (κ3) is 3.44. The second-order valence-corrected chi connectivity index (χ2v) is 5.12. The lowest BCUT2D eigenvalue weighted by atomic mass is 10.2. The zero-order valence-corrected chi connectivity index (χ0v) is 13.0. The molecule has 0 saturated carbocycles. The zero-order valence-electron chi connectivity index (χ0n) is 13.0. The number of aromatic nitrogens is 4. The van der Waals surface area contributed by atoms with Gasteiger partial charge >= 0.3 is 11.9 Å². The predicted octanol–water partition coefficient (Wildman–Crippen LogP) is 1.69. The molecule has 0 fully saturated rings. The molecular weight excluding hydrogens is 359 g/mol. The van der Waals surface area contributed by atoms with Crippen molar-refractivity contribution in [2.45, 2.75) is 12.6 Å². The topological polar surface area (TPSA) is 119 Å². The van der Waals surface area contributed by atoms with Crippen LogP contribution in [0.25, 0.3) is 17.2 Å². The first-order valence-electron chi connectivity index (χ1n) is 7.36. The van der Waals surface area contributed by atoms with E-state index in [0.29, 0.717) is 13.0 Å². The summed E-state index contributed by atoms with van der Waals surface area (Å²) in [4.78, 5) is 12.0. The first kappa shape index (κ1) is 17.7. The van der Waals surface area contributed by atoms with Crippen LogP contribution in [0.4, 0.5) is 19.0 Å². The van der Waals surface area contributed by atoms with Crippen molar-refractivity contribution in [3.05, 3.63) is 40.4 Å². The first-order valence-corrected chi connectivity index (χ1v) is 7.36. The van der Waals surface area contributed by atoms with Crippen LogP contribution in [0, 0.1) is 0 Å². The molecule has 0 atom stereocenters. The summed E-state index contributed by atoms with van der Waals surface area (Å²) in [6.07, 6.45) is -4.17. The Hall–Kier alpha value is -3.15. The molecular formula is C14H12F3N5O4. The number of aliphatic hydroxyl groups is 1. The summed E-state index contributed by atoms with van der Waals surface area (Å²) in [7, 11) is 0. The number of rotatable bonds is 6. The van der Waals surface area contributed by atoms with E-state index < -0.39 is 17.5 Å². The lowest BCUT2D eigenvalue weighted by molar-refractivity contribution is -0.137. The summed E-state index contributed by atoms with van der Waals surface area (Å²) in [5.74, 6) is -1.07. The van der Waals surface area contributed by atoms with E-state index in [9.17, 15) is 18.0 Å². The van der Waals surface area contributed by atoms with Gasteiger partial charge in [-0.15, -0.1) is 0 Å². The molecule has 9 nitrogen and oxygen atoms in total. The SMILES string of the molecule is O=c1onc(-c2nonc2NCCCO)n1-c1cccc(C(F)(F)F)c1. The maximum absolute atomic E-state index is 12.9. The van der Waals surface area contributed by atoms with Crippen molar-refractivity contribution in [3.63, 3.8) is 0 Å². The van der Waals surface area contributed by atoms with E-state index in [-0.39, 0.29) is 29.6 Å². The summed E-state index contributed by atoms with van der Waals surface area (Å²) in [5, 5.41) is 22.4. The van der Waals surface area contributed by atoms with Crippen LogP contribution in [0.5, 0.6) is 0 Å². The minimum absolute atomic E-state index is 0.0220. The molecule has 0 saturated heterocycles. The Morgan fingerprint density at radius 2 is 2.04 bits per heavy atom. The van der Waals surface area contributed by atoms with Gasteiger partial charge < -0.3 is 10.4 Å². The third-order valence-corrected chi connectivity index (χ3v) is 3.36.